The van der Waals surface area contributed by atoms with Gasteiger partial charge in [-0.1, -0.05) is 53.2 Å². The van der Waals surface area contributed by atoms with E-state index in [1.54, 1.807) is 36.4 Å². The zero-order valence-corrected chi connectivity index (χ0v) is 19.9. The number of anilines is 1. The van der Waals surface area contributed by atoms with Crippen LogP contribution in [0.15, 0.2) is 60.3 Å². The van der Waals surface area contributed by atoms with Crippen molar-refractivity contribution < 1.29 is 14.3 Å². The van der Waals surface area contributed by atoms with Crippen molar-refractivity contribution in [2.24, 2.45) is 0 Å². The standard InChI is InChI=1S/C22H22Cl2N4O3S/c1-4-11-28-21(14(2)31-18-8-6-5-7-16(18)24)26-27-22(28)32-13-20(29)25-17-12-15(23)9-10-19(17)30-3/h4-10,12,14H,1,11,13H2,2-3H3,(H,25,29). The first-order valence-corrected chi connectivity index (χ1v) is 11.4. The molecule has 1 N–H and O–H groups in total. The molecule has 7 nitrogen and oxygen atoms in total. The van der Waals surface area contributed by atoms with Crippen molar-refractivity contribution in [3.63, 3.8) is 0 Å². The van der Waals surface area contributed by atoms with Gasteiger partial charge in [0.15, 0.2) is 17.1 Å². The molecule has 1 amide bonds. The number of thioether (sulfide) groups is 1. The molecule has 1 unspecified atom stereocenters. The smallest absolute Gasteiger partial charge is 0.234 e. The second-order valence-corrected chi connectivity index (χ2v) is 8.40. The molecule has 0 aliphatic heterocycles. The van der Waals surface area contributed by atoms with Gasteiger partial charge in [-0.3, -0.25) is 9.36 Å². The number of nitrogens with zero attached hydrogens (tertiary/aromatic N) is 3. The minimum Gasteiger partial charge on any atom is -0.495 e. The third-order valence-corrected chi connectivity index (χ3v) is 5.84. The van der Waals surface area contributed by atoms with Gasteiger partial charge in [0.2, 0.25) is 5.91 Å². The zero-order chi connectivity index (χ0) is 23.1. The average molecular weight is 493 g/mol. The quantitative estimate of drug-likeness (QED) is 0.291. The summed E-state index contributed by atoms with van der Waals surface area (Å²) in [5, 5.41) is 12.9. The van der Waals surface area contributed by atoms with Gasteiger partial charge in [-0.15, -0.1) is 16.8 Å². The number of methoxy groups -OCH3 is 1. The fourth-order valence-electron chi connectivity index (χ4n) is 2.89. The number of nitrogens with one attached hydrogen (secondary N) is 1. The second-order valence-electron chi connectivity index (χ2n) is 6.61. The van der Waals surface area contributed by atoms with Crippen LogP contribution in [-0.4, -0.2) is 33.5 Å². The number of rotatable bonds is 10. The largest absolute Gasteiger partial charge is 0.495 e. The van der Waals surface area contributed by atoms with Gasteiger partial charge >= 0.3 is 0 Å². The lowest BCUT2D eigenvalue weighted by molar-refractivity contribution is -0.113. The molecular weight excluding hydrogens is 471 g/mol. The fourth-order valence-corrected chi connectivity index (χ4v) is 3.99. The Morgan fingerprint density at radius 2 is 2.03 bits per heavy atom. The minimum absolute atomic E-state index is 0.116. The van der Waals surface area contributed by atoms with Crippen LogP contribution in [0.25, 0.3) is 0 Å². The molecule has 0 bridgehead atoms. The van der Waals surface area contributed by atoms with E-state index in [0.717, 1.165) is 0 Å². The molecule has 3 rings (SSSR count). The van der Waals surface area contributed by atoms with Crippen molar-refractivity contribution in [1.29, 1.82) is 0 Å². The summed E-state index contributed by atoms with van der Waals surface area (Å²) in [7, 11) is 1.53. The number of benzene rings is 2. The Hall–Kier alpha value is -2.68. The first kappa shape index (κ1) is 24.0. The highest BCUT2D eigenvalue weighted by atomic mass is 35.5. The molecule has 32 heavy (non-hydrogen) atoms. The van der Waals surface area contributed by atoms with E-state index < -0.39 is 6.10 Å². The SMILES string of the molecule is C=CCn1c(SCC(=O)Nc2cc(Cl)ccc2OC)nnc1C(C)Oc1ccccc1Cl. The van der Waals surface area contributed by atoms with Crippen LogP contribution in [-0.2, 0) is 11.3 Å². The molecule has 0 radical (unpaired) electrons. The van der Waals surface area contributed by atoms with E-state index in [-0.39, 0.29) is 11.7 Å². The fraction of sp³-hybridized carbons (Fsp3) is 0.227. The highest BCUT2D eigenvalue weighted by Gasteiger charge is 2.20. The van der Waals surface area contributed by atoms with Crippen LogP contribution in [0.4, 0.5) is 5.69 Å². The molecule has 0 spiro atoms. The highest BCUT2D eigenvalue weighted by Crippen LogP contribution is 2.30. The molecule has 1 heterocycles. The van der Waals surface area contributed by atoms with Crippen molar-refractivity contribution >= 4 is 46.6 Å². The van der Waals surface area contributed by atoms with Gasteiger partial charge in [0.1, 0.15) is 11.5 Å². The van der Waals surface area contributed by atoms with Crippen LogP contribution >= 0.6 is 35.0 Å². The number of carbonyl (C=O) groups is 1. The number of carbonyl (C=O) groups excluding carboxylic acids is 1. The summed E-state index contributed by atoms with van der Waals surface area (Å²) in [4.78, 5) is 12.5. The average Bonchev–Trinajstić information content (AvgIpc) is 3.17. The monoisotopic (exact) mass is 492 g/mol. The second kappa shape index (κ2) is 11.3. The molecule has 0 fully saturated rings. The summed E-state index contributed by atoms with van der Waals surface area (Å²) in [6, 6.07) is 12.2. The van der Waals surface area contributed by atoms with Crippen molar-refractivity contribution in [3.8, 4) is 11.5 Å². The van der Waals surface area contributed by atoms with Crippen LogP contribution in [0.2, 0.25) is 10.0 Å². The number of allylic oxidation sites excluding steroid dienone is 1. The maximum Gasteiger partial charge on any atom is 0.234 e. The van der Waals surface area contributed by atoms with Gasteiger partial charge < -0.3 is 14.8 Å². The molecule has 0 aliphatic carbocycles. The minimum atomic E-state index is -0.416. The molecule has 0 aliphatic rings. The predicted octanol–water partition coefficient (Wildman–Crippen LogP) is 5.65. The number of ether oxygens (including phenoxy) is 2. The number of halogens is 2. The van der Waals surface area contributed by atoms with E-state index in [9.17, 15) is 4.79 Å². The van der Waals surface area contributed by atoms with Gasteiger partial charge in [-0.25, -0.2) is 0 Å². The van der Waals surface area contributed by atoms with Crippen molar-refractivity contribution in [1.82, 2.24) is 14.8 Å². The van der Waals surface area contributed by atoms with Crippen LogP contribution < -0.4 is 14.8 Å². The third kappa shape index (κ3) is 5.97. The Bertz CT molecular complexity index is 1110. The van der Waals surface area contributed by atoms with E-state index in [4.69, 9.17) is 32.7 Å². The third-order valence-electron chi connectivity index (χ3n) is 4.33. The van der Waals surface area contributed by atoms with E-state index in [1.165, 1.54) is 18.9 Å². The Balaban J connectivity index is 1.70. The Morgan fingerprint density at radius 3 is 2.75 bits per heavy atom. The summed E-state index contributed by atoms with van der Waals surface area (Å²) in [6.45, 7) is 6.12. The number of aromatic nitrogens is 3. The lowest BCUT2D eigenvalue weighted by Gasteiger charge is -2.16. The molecular formula is C22H22Cl2N4O3S. The first-order valence-electron chi connectivity index (χ1n) is 9.64. The first-order chi connectivity index (χ1) is 15.4. The molecule has 1 atom stereocenters. The molecule has 1 aromatic heterocycles. The zero-order valence-electron chi connectivity index (χ0n) is 17.5. The van der Waals surface area contributed by atoms with E-state index >= 15 is 0 Å². The van der Waals surface area contributed by atoms with Crippen LogP contribution in [0, 0.1) is 0 Å². The summed E-state index contributed by atoms with van der Waals surface area (Å²) in [5.41, 5.74) is 0.501. The molecule has 2 aromatic carbocycles. The molecule has 0 saturated carbocycles. The van der Waals surface area contributed by atoms with Crippen LogP contribution in [0.1, 0.15) is 18.9 Å². The van der Waals surface area contributed by atoms with E-state index in [2.05, 4.69) is 22.1 Å². The normalized spacial score (nSPS) is 11.6. The summed E-state index contributed by atoms with van der Waals surface area (Å²) < 4.78 is 13.1. The van der Waals surface area contributed by atoms with E-state index in [0.29, 0.717) is 44.8 Å². The summed E-state index contributed by atoms with van der Waals surface area (Å²) >= 11 is 13.5. The summed E-state index contributed by atoms with van der Waals surface area (Å²) in [5.74, 6) is 1.56. The molecule has 0 saturated heterocycles. The lowest BCUT2D eigenvalue weighted by Crippen LogP contribution is -2.16. The van der Waals surface area contributed by atoms with Crippen LogP contribution in [0.5, 0.6) is 11.5 Å². The van der Waals surface area contributed by atoms with Crippen LogP contribution in [0.3, 0.4) is 0 Å². The highest BCUT2D eigenvalue weighted by molar-refractivity contribution is 7.99. The Kier molecular flexibility index (Phi) is 8.44. The van der Waals surface area contributed by atoms with E-state index in [1.807, 2.05) is 23.6 Å². The van der Waals surface area contributed by atoms with Gasteiger partial charge in [-0.2, -0.15) is 0 Å². The Labute approximate surface area is 200 Å². The lowest BCUT2D eigenvalue weighted by atomic mass is 10.3. The van der Waals surface area contributed by atoms with Crippen molar-refractivity contribution in [3.05, 3.63) is 71.0 Å². The maximum absolute atomic E-state index is 12.5. The number of para-hydroxylation sites is 1. The molecule has 168 valence electrons. The molecule has 3 aromatic rings. The number of hydrogen-bond acceptors (Lipinski definition) is 6. The van der Waals surface area contributed by atoms with Gasteiger partial charge in [0.05, 0.1) is 23.6 Å². The van der Waals surface area contributed by atoms with Gasteiger partial charge in [0.25, 0.3) is 0 Å². The molecule has 10 heteroatoms. The van der Waals surface area contributed by atoms with Gasteiger partial charge in [-0.05, 0) is 37.3 Å². The number of amides is 1. The Morgan fingerprint density at radius 1 is 1.25 bits per heavy atom. The predicted molar refractivity (Wildman–Crippen MR) is 128 cm³/mol. The maximum atomic E-state index is 12.5. The van der Waals surface area contributed by atoms with Crippen molar-refractivity contribution in [2.75, 3.05) is 18.2 Å². The number of hydrogen-bond donors (Lipinski definition) is 1. The topological polar surface area (TPSA) is 78.3 Å². The van der Waals surface area contributed by atoms with Crippen molar-refractivity contribution in [2.45, 2.75) is 24.7 Å². The summed E-state index contributed by atoms with van der Waals surface area (Å²) in [6.07, 6.45) is 1.32. The van der Waals surface area contributed by atoms with Gasteiger partial charge in [0, 0.05) is 11.6 Å².